The first-order valence-corrected chi connectivity index (χ1v) is 4.74. The molecule has 0 aromatic heterocycles. The van der Waals surface area contributed by atoms with Crippen LogP contribution < -0.4 is 0 Å². The van der Waals surface area contributed by atoms with E-state index < -0.39 is 0 Å². The first-order valence-electron chi connectivity index (χ1n) is 4.74. The van der Waals surface area contributed by atoms with Gasteiger partial charge in [-0.25, -0.2) is 4.79 Å². The van der Waals surface area contributed by atoms with E-state index in [9.17, 15) is 4.79 Å². The van der Waals surface area contributed by atoms with Gasteiger partial charge in [0.25, 0.3) is 0 Å². The van der Waals surface area contributed by atoms with Crippen molar-refractivity contribution >= 4 is 5.97 Å². The summed E-state index contributed by atoms with van der Waals surface area (Å²) in [6, 6.07) is 0. The normalized spacial score (nSPS) is 22.5. The molecule has 12 heavy (non-hydrogen) atoms. The summed E-state index contributed by atoms with van der Waals surface area (Å²) >= 11 is 0. The topological polar surface area (TPSA) is 26.3 Å². The highest BCUT2D eigenvalue weighted by molar-refractivity contribution is 5.83. The minimum absolute atomic E-state index is 0.116. The molecule has 2 saturated carbocycles. The van der Waals surface area contributed by atoms with Gasteiger partial charge in [-0.15, -0.1) is 0 Å². The van der Waals surface area contributed by atoms with E-state index in [2.05, 4.69) is 0 Å². The summed E-state index contributed by atoms with van der Waals surface area (Å²) in [4.78, 5) is 11.2. The van der Waals surface area contributed by atoms with Crippen molar-refractivity contribution in [3.05, 3.63) is 11.6 Å². The molecule has 0 amide bonds. The Balaban J connectivity index is 1.82. The molecular weight excluding hydrogens is 152 g/mol. The number of esters is 1. The van der Waals surface area contributed by atoms with Gasteiger partial charge in [-0.1, -0.05) is 5.57 Å². The highest BCUT2D eigenvalue weighted by atomic mass is 16.5. The molecule has 0 radical (unpaired) electrons. The summed E-state index contributed by atoms with van der Waals surface area (Å²) in [5.41, 5.74) is 1.28. The second-order valence-corrected chi connectivity index (χ2v) is 3.65. The van der Waals surface area contributed by atoms with E-state index in [4.69, 9.17) is 4.74 Å². The number of carbonyl (C=O) groups is 1. The lowest BCUT2D eigenvalue weighted by molar-refractivity contribution is -0.138. The van der Waals surface area contributed by atoms with Crippen molar-refractivity contribution in [2.45, 2.75) is 44.6 Å². The molecule has 2 fully saturated rings. The fourth-order valence-corrected chi connectivity index (χ4v) is 1.52. The molecule has 0 aliphatic heterocycles. The minimum atomic E-state index is -0.116. The van der Waals surface area contributed by atoms with Crippen LogP contribution in [0.5, 0.6) is 0 Å². The van der Waals surface area contributed by atoms with Crippen LogP contribution in [0, 0.1) is 0 Å². The number of carbonyl (C=O) groups excluding carboxylic acids is 1. The Morgan fingerprint density at radius 3 is 2.58 bits per heavy atom. The molecule has 0 N–H and O–H groups in total. The third kappa shape index (κ3) is 2.10. The lowest BCUT2D eigenvalue weighted by Crippen LogP contribution is -2.02. The van der Waals surface area contributed by atoms with E-state index in [1.165, 1.54) is 18.4 Å². The smallest absolute Gasteiger partial charge is 0.330 e. The van der Waals surface area contributed by atoms with Crippen LogP contribution in [0.2, 0.25) is 0 Å². The highest BCUT2D eigenvalue weighted by Crippen LogP contribution is 2.26. The fraction of sp³-hybridized carbons (Fsp3) is 0.700. The number of hydrogen-bond acceptors (Lipinski definition) is 2. The zero-order valence-electron chi connectivity index (χ0n) is 7.21. The molecule has 0 aromatic rings. The quantitative estimate of drug-likeness (QED) is 0.464. The van der Waals surface area contributed by atoms with Crippen LogP contribution >= 0.6 is 0 Å². The molecule has 2 aliphatic rings. The van der Waals surface area contributed by atoms with Gasteiger partial charge in [0, 0.05) is 6.08 Å². The molecule has 2 nitrogen and oxygen atoms in total. The first kappa shape index (κ1) is 7.84. The molecule has 66 valence electrons. The Bertz CT molecular complexity index is 206. The largest absolute Gasteiger partial charge is 0.459 e. The SMILES string of the molecule is O=C(C=C1CCCC1)OC1CC1. The molecule has 0 aromatic carbocycles. The summed E-state index contributed by atoms with van der Waals surface area (Å²) in [6.45, 7) is 0. The molecule has 0 bridgehead atoms. The number of rotatable bonds is 2. The standard InChI is InChI=1S/C10H14O2/c11-10(12-9-5-6-9)7-8-3-1-2-4-8/h7,9H,1-6H2. The Labute approximate surface area is 72.6 Å². The zero-order chi connectivity index (χ0) is 8.39. The van der Waals surface area contributed by atoms with Gasteiger partial charge < -0.3 is 4.74 Å². The summed E-state index contributed by atoms with van der Waals surface area (Å²) in [7, 11) is 0. The predicted octanol–water partition coefficient (Wildman–Crippen LogP) is 2.19. The predicted molar refractivity (Wildman–Crippen MR) is 45.7 cm³/mol. The molecule has 0 spiro atoms. The molecule has 0 unspecified atom stereocenters. The molecule has 2 heteroatoms. The first-order chi connectivity index (χ1) is 5.84. The average molecular weight is 166 g/mol. The van der Waals surface area contributed by atoms with Gasteiger partial charge in [0.1, 0.15) is 6.10 Å². The second kappa shape index (κ2) is 3.30. The van der Waals surface area contributed by atoms with Crippen LogP contribution in [0.3, 0.4) is 0 Å². The number of hydrogen-bond donors (Lipinski definition) is 0. The van der Waals surface area contributed by atoms with Gasteiger partial charge in [0.2, 0.25) is 0 Å². The zero-order valence-corrected chi connectivity index (χ0v) is 7.21. The molecule has 2 aliphatic carbocycles. The van der Waals surface area contributed by atoms with Crippen molar-refractivity contribution in [3.8, 4) is 0 Å². The second-order valence-electron chi connectivity index (χ2n) is 3.65. The van der Waals surface area contributed by atoms with Crippen LogP contribution in [0.15, 0.2) is 11.6 Å². The van der Waals surface area contributed by atoms with E-state index in [-0.39, 0.29) is 12.1 Å². The molecule has 0 heterocycles. The molecule has 2 rings (SSSR count). The summed E-state index contributed by atoms with van der Waals surface area (Å²) in [6.07, 6.45) is 8.75. The van der Waals surface area contributed by atoms with Crippen molar-refractivity contribution in [1.82, 2.24) is 0 Å². The third-order valence-electron chi connectivity index (χ3n) is 2.37. The van der Waals surface area contributed by atoms with Crippen molar-refractivity contribution in [2.24, 2.45) is 0 Å². The van der Waals surface area contributed by atoms with Crippen LogP contribution in [-0.4, -0.2) is 12.1 Å². The van der Waals surface area contributed by atoms with E-state index in [1.54, 1.807) is 6.08 Å². The molecule has 0 atom stereocenters. The van der Waals surface area contributed by atoms with Gasteiger partial charge in [-0.05, 0) is 38.5 Å². The van der Waals surface area contributed by atoms with Gasteiger partial charge in [0.15, 0.2) is 0 Å². The van der Waals surface area contributed by atoms with Crippen molar-refractivity contribution in [2.75, 3.05) is 0 Å². The van der Waals surface area contributed by atoms with Crippen molar-refractivity contribution < 1.29 is 9.53 Å². The van der Waals surface area contributed by atoms with E-state index in [0.29, 0.717) is 0 Å². The summed E-state index contributed by atoms with van der Waals surface area (Å²) < 4.78 is 5.11. The third-order valence-corrected chi connectivity index (χ3v) is 2.37. The van der Waals surface area contributed by atoms with Crippen LogP contribution in [0.4, 0.5) is 0 Å². The highest BCUT2D eigenvalue weighted by Gasteiger charge is 2.25. The monoisotopic (exact) mass is 166 g/mol. The van der Waals surface area contributed by atoms with Gasteiger partial charge in [0.05, 0.1) is 0 Å². The Morgan fingerprint density at radius 1 is 1.33 bits per heavy atom. The van der Waals surface area contributed by atoms with E-state index in [0.717, 1.165) is 25.7 Å². The lowest BCUT2D eigenvalue weighted by Gasteiger charge is -1.98. The van der Waals surface area contributed by atoms with Gasteiger partial charge >= 0.3 is 5.97 Å². The molecule has 0 saturated heterocycles. The van der Waals surface area contributed by atoms with Crippen molar-refractivity contribution in [1.29, 1.82) is 0 Å². The maximum atomic E-state index is 11.2. The van der Waals surface area contributed by atoms with Crippen LogP contribution in [0.1, 0.15) is 38.5 Å². The number of allylic oxidation sites excluding steroid dienone is 1. The Hall–Kier alpha value is -0.790. The summed E-state index contributed by atoms with van der Waals surface area (Å²) in [5, 5.41) is 0. The Kier molecular flexibility index (Phi) is 2.15. The van der Waals surface area contributed by atoms with Gasteiger partial charge in [-0.3, -0.25) is 0 Å². The van der Waals surface area contributed by atoms with Gasteiger partial charge in [-0.2, -0.15) is 0 Å². The number of ether oxygens (including phenoxy) is 1. The van der Waals surface area contributed by atoms with Crippen LogP contribution in [0.25, 0.3) is 0 Å². The lowest BCUT2D eigenvalue weighted by atomic mass is 10.2. The average Bonchev–Trinajstić information content (AvgIpc) is 2.66. The van der Waals surface area contributed by atoms with Crippen LogP contribution in [-0.2, 0) is 9.53 Å². The van der Waals surface area contributed by atoms with E-state index in [1.807, 2.05) is 0 Å². The molecular formula is C10H14O2. The van der Waals surface area contributed by atoms with Crippen molar-refractivity contribution in [3.63, 3.8) is 0 Å². The maximum Gasteiger partial charge on any atom is 0.330 e. The fourth-order valence-electron chi connectivity index (χ4n) is 1.52. The minimum Gasteiger partial charge on any atom is -0.459 e. The Morgan fingerprint density at radius 2 is 2.00 bits per heavy atom. The summed E-state index contributed by atoms with van der Waals surface area (Å²) in [5.74, 6) is -0.116. The van der Waals surface area contributed by atoms with E-state index >= 15 is 0 Å². The maximum absolute atomic E-state index is 11.2.